The van der Waals surface area contributed by atoms with E-state index in [1.807, 2.05) is 13.0 Å². The van der Waals surface area contributed by atoms with Gasteiger partial charge in [-0.1, -0.05) is 29.8 Å². The number of nitrogens with one attached hydrogen (secondary N) is 2. The third kappa shape index (κ3) is 5.75. The Kier molecular flexibility index (Phi) is 6.64. The van der Waals surface area contributed by atoms with Crippen LogP contribution in [-0.2, 0) is 14.8 Å². The third-order valence-electron chi connectivity index (χ3n) is 4.18. The summed E-state index contributed by atoms with van der Waals surface area (Å²) in [4.78, 5) is 12.4. The topological polar surface area (TPSA) is 84.5 Å². The number of hydrogen-bond acceptors (Lipinski definition) is 4. The normalized spacial score (nSPS) is 12.1. The summed E-state index contributed by atoms with van der Waals surface area (Å²) in [7, 11) is -3.74. The van der Waals surface area contributed by atoms with E-state index in [1.54, 1.807) is 49.4 Å². The Labute approximate surface area is 180 Å². The standard InChI is InChI=1S/C22H21ClN2O4S/c1-15-5-3-7-19(13-15)25-30(27,28)21-11-9-18(10-12-21)24-22(26)16(2)29-20-8-4-6-17(23)14-20/h3-14,16,25H,1-2H3,(H,24,26). The SMILES string of the molecule is Cc1cccc(NS(=O)(=O)c2ccc(NC(=O)C(C)Oc3cccc(Cl)c3)cc2)c1. The zero-order chi connectivity index (χ0) is 21.7. The predicted molar refractivity (Wildman–Crippen MR) is 119 cm³/mol. The van der Waals surface area contributed by atoms with Gasteiger partial charge in [0.15, 0.2) is 6.10 Å². The van der Waals surface area contributed by atoms with Crippen molar-refractivity contribution in [2.75, 3.05) is 10.0 Å². The Balaban J connectivity index is 1.64. The largest absolute Gasteiger partial charge is 0.481 e. The lowest BCUT2D eigenvalue weighted by Gasteiger charge is -2.15. The molecule has 1 atom stereocenters. The molecule has 0 aliphatic carbocycles. The average Bonchev–Trinajstić information content (AvgIpc) is 2.68. The second-order valence-corrected chi connectivity index (χ2v) is 8.82. The summed E-state index contributed by atoms with van der Waals surface area (Å²) < 4.78 is 33.2. The van der Waals surface area contributed by atoms with Crippen LogP contribution in [0, 0.1) is 6.92 Å². The number of hydrogen-bond donors (Lipinski definition) is 2. The van der Waals surface area contributed by atoms with E-state index >= 15 is 0 Å². The number of benzene rings is 3. The Morgan fingerprint density at radius 2 is 1.67 bits per heavy atom. The Morgan fingerprint density at radius 1 is 0.967 bits per heavy atom. The highest BCUT2D eigenvalue weighted by atomic mass is 35.5. The summed E-state index contributed by atoms with van der Waals surface area (Å²) in [5.74, 6) is 0.109. The first kappa shape index (κ1) is 21.7. The molecule has 3 rings (SSSR count). The number of ether oxygens (including phenoxy) is 1. The molecule has 0 radical (unpaired) electrons. The number of halogens is 1. The van der Waals surface area contributed by atoms with Gasteiger partial charge in [-0.05, 0) is 74.0 Å². The minimum Gasteiger partial charge on any atom is -0.481 e. The van der Waals surface area contributed by atoms with Crippen LogP contribution in [0.3, 0.4) is 0 Å². The molecule has 8 heteroatoms. The van der Waals surface area contributed by atoms with Crippen molar-refractivity contribution in [2.45, 2.75) is 24.8 Å². The fourth-order valence-corrected chi connectivity index (χ4v) is 3.91. The van der Waals surface area contributed by atoms with Crippen molar-refractivity contribution in [1.82, 2.24) is 0 Å². The van der Waals surface area contributed by atoms with E-state index in [0.717, 1.165) is 5.56 Å². The van der Waals surface area contributed by atoms with E-state index in [-0.39, 0.29) is 10.8 Å². The first-order valence-electron chi connectivity index (χ1n) is 9.15. The number of rotatable bonds is 7. The molecule has 1 unspecified atom stereocenters. The summed E-state index contributed by atoms with van der Waals surface area (Å²) in [6, 6.07) is 19.7. The van der Waals surface area contributed by atoms with Crippen LogP contribution >= 0.6 is 11.6 Å². The van der Waals surface area contributed by atoms with Gasteiger partial charge in [0.2, 0.25) is 0 Å². The van der Waals surface area contributed by atoms with Crippen LogP contribution in [0.2, 0.25) is 5.02 Å². The van der Waals surface area contributed by atoms with Crippen LogP contribution in [-0.4, -0.2) is 20.4 Å². The second kappa shape index (κ2) is 9.19. The zero-order valence-corrected chi connectivity index (χ0v) is 18.0. The van der Waals surface area contributed by atoms with E-state index in [1.165, 1.54) is 24.3 Å². The summed E-state index contributed by atoms with van der Waals surface area (Å²) in [5.41, 5.74) is 1.89. The molecule has 156 valence electrons. The molecular formula is C22H21ClN2O4S. The molecule has 0 heterocycles. The van der Waals surface area contributed by atoms with Gasteiger partial charge in [-0.3, -0.25) is 9.52 Å². The van der Waals surface area contributed by atoms with E-state index in [0.29, 0.717) is 22.1 Å². The number of amides is 1. The molecule has 0 spiro atoms. The highest BCUT2D eigenvalue weighted by molar-refractivity contribution is 7.92. The minimum atomic E-state index is -3.74. The molecule has 2 N–H and O–H groups in total. The molecule has 0 aliphatic rings. The van der Waals surface area contributed by atoms with Crippen molar-refractivity contribution in [3.05, 3.63) is 83.4 Å². The quantitative estimate of drug-likeness (QED) is 0.545. The second-order valence-electron chi connectivity index (χ2n) is 6.71. The highest BCUT2D eigenvalue weighted by Gasteiger charge is 2.17. The summed E-state index contributed by atoms with van der Waals surface area (Å²) in [6.45, 7) is 3.49. The highest BCUT2D eigenvalue weighted by Crippen LogP contribution is 2.21. The van der Waals surface area contributed by atoms with Crippen LogP contribution in [0.1, 0.15) is 12.5 Å². The predicted octanol–water partition coefficient (Wildman–Crippen LogP) is 4.86. The summed E-state index contributed by atoms with van der Waals surface area (Å²) >= 11 is 5.91. The van der Waals surface area contributed by atoms with Gasteiger partial charge in [-0.2, -0.15) is 0 Å². The Bertz CT molecular complexity index is 1150. The molecular weight excluding hydrogens is 424 g/mol. The van der Waals surface area contributed by atoms with Gasteiger partial charge in [0.05, 0.1) is 4.90 Å². The molecule has 1 amide bonds. The number of sulfonamides is 1. The van der Waals surface area contributed by atoms with Crippen molar-refractivity contribution in [1.29, 1.82) is 0 Å². The maximum absolute atomic E-state index is 12.6. The average molecular weight is 445 g/mol. The smallest absolute Gasteiger partial charge is 0.265 e. The van der Waals surface area contributed by atoms with Crippen molar-refractivity contribution in [3.63, 3.8) is 0 Å². The van der Waals surface area contributed by atoms with Crippen LogP contribution < -0.4 is 14.8 Å². The molecule has 0 aliphatic heterocycles. The van der Waals surface area contributed by atoms with Gasteiger partial charge in [-0.25, -0.2) is 8.42 Å². The fraction of sp³-hybridized carbons (Fsp3) is 0.136. The van der Waals surface area contributed by atoms with Crippen LogP contribution in [0.15, 0.2) is 77.7 Å². The summed E-state index contributed by atoms with van der Waals surface area (Å²) in [6.07, 6.45) is -0.769. The molecule has 30 heavy (non-hydrogen) atoms. The lowest BCUT2D eigenvalue weighted by atomic mass is 10.2. The maximum atomic E-state index is 12.6. The third-order valence-corrected chi connectivity index (χ3v) is 5.81. The lowest BCUT2D eigenvalue weighted by molar-refractivity contribution is -0.122. The summed E-state index contributed by atoms with van der Waals surface area (Å²) in [5, 5.41) is 3.21. The maximum Gasteiger partial charge on any atom is 0.265 e. The van der Waals surface area contributed by atoms with Gasteiger partial charge >= 0.3 is 0 Å². The molecule has 6 nitrogen and oxygen atoms in total. The molecule has 0 fully saturated rings. The van der Waals surface area contributed by atoms with Gasteiger partial charge in [0, 0.05) is 16.4 Å². The van der Waals surface area contributed by atoms with E-state index in [9.17, 15) is 13.2 Å². The molecule has 0 bridgehead atoms. The number of carbonyl (C=O) groups excluding carboxylic acids is 1. The lowest BCUT2D eigenvalue weighted by Crippen LogP contribution is -2.30. The van der Waals surface area contributed by atoms with E-state index in [2.05, 4.69) is 10.0 Å². The van der Waals surface area contributed by atoms with E-state index < -0.39 is 16.1 Å². The number of carbonyl (C=O) groups is 1. The Morgan fingerprint density at radius 3 is 2.33 bits per heavy atom. The van der Waals surface area contributed by atoms with Crippen LogP contribution in [0.4, 0.5) is 11.4 Å². The first-order valence-corrected chi connectivity index (χ1v) is 11.0. The van der Waals surface area contributed by atoms with Crippen molar-refractivity contribution in [3.8, 4) is 5.75 Å². The first-order chi connectivity index (χ1) is 14.2. The molecule has 0 saturated heterocycles. The minimum absolute atomic E-state index is 0.0882. The van der Waals surface area contributed by atoms with Gasteiger partial charge in [-0.15, -0.1) is 0 Å². The van der Waals surface area contributed by atoms with Gasteiger partial charge in [0.25, 0.3) is 15.9 Å². The van der Waals surface area contributed by atoms with Gasteiger partial charge < -0.3 is 10.1 Å². The van der Waals surface area contributed by atoms with Crippen molar-refractivity contribution >= 4 is 38.9 Å². The van der Waals surface area contributed by atoms with Crippen molar-refractivity contribution < 1.29 is 17.9 Å². The monoisotopic (exact) mass is 444 g/mol. The Hall–Kier alpha value is -3.03. The zero-order valence-electron chi connectivity index (χ0n) is 16.4. The van der Waals surface area contributed by atoms with Gasteiger partial charge in [0.1, 0.15) is 5.75 Å². The number of aryl methyl sites for hydroxylation is 1. The molecule has 0 saturated carbocycles. The number of anilines is 2. The van der Waals surface area contributed by atoms with E-state index in [4.69, 9.17) is 16.3 Å². The van der Waals surface area contributed by atoms with Crippen LogP contribution in [0.25, 0.3) is 0 Å². The molecule has 3 aromatic rings. The van der Waals surface area contributed by atoms with Crippen LogP contribution in [0.5, 0.6) is 5.75 Å². The van der Waals surface area contributed by atoms with Crippen molar-refractivity contribution in [2.24, 2.45) is 0 Å². The molecule has 3 aromatic carbocycles. The fourth-order valence-electron chi connectivity index (χ4n) is 2.68. The molecule has 0 aromatic heterocycles.